The number of carbonyl (C=O) groups excluding carboxylic acids is 1. The van der Waals surface area contributed by atoms with Crippen molar-refractivity contribution in [2.45, 2.75) is 63.3 Å². The summed E-state index contributed by atoms with van der Waals surface area (Å²) in [5, 5.41) is 16.0. The Labute approximate surface area is 189 Å². The van der Waals surface area contributed by atoms with Gasteiger partial charge in [-0.05, 0) is 68.7 Å². The van der Waals surface area contributed by atoms with Gasteiger partial charge in [0, 0.05) is 25.1 Å². The second kappa shape index (κ2) is 9.43. The summed E-state index contributed by atoms with van der Waals surface area (Å²) < 4.78 is 29.5. The number of benzene rings is 1. The lowest BCUT2D eigenvalue weighted by Gasteiger charge is -2.31. The van der Waals surface area contributed by atoms with E-state index in [-0.39, 0.29) is 11.8 Å². The maximum Gasteiger partial charge on any atom is 0.243 e. The Bertz CT molecular complexity index is 1140. The van der Waals surface area contributed by atoms with Crippen molar-refractivity contribution in [1.82, 2.24) is 14.1 Å². The second-order valence-corrected chi connectivity index (χ2v) is 10.5. The molecule has 1 aliphatic heterocycles. The summed E-state index contributed by atoms with van der Waals surface area (Å²) in [4.78, 5) is 13.2. The van der Waals surface area contributed by atoms with Crippen LogP contribution in [0.25, 0.3) is 0 Å². The molecule has 4 rings (SSSR count). The Morgan fingerprint density at radius 2 is 1.91 bits per heavy atom. The van der Waals surface area contributed by atoms with Crippen LogP contribution in [0.2, 0.25) is 0 Å². The zero-order valence-electron chi connectivity index (χ0n) is 18.4. The highest BCUT2D eigenvalue weighted by molar-refractivity contribution is 7.89. The molecule has 9 heteroatoms. The van der Waals surface area contributed by atoms with Crippen molar-refractivity contribution in [1.29, 1.82) is 5.26 Å². The zero-order chi connectivity index (χ0) is 22.7. The van der Waals surface area contributed by atoms with E-state index >= 15 is 0 Å². The van der Waals surface area contributed by atoms with E-state index in [9.17, 15) is 13.2 Å². The summed E-state index contributed by atoms with van der Waals surface area (Å²) in [6.45, 7) is 2.90. The van der Waals surface area contributed by atoms with E-state index in [1.54, 1.807) is 16.8 Å². The van der Waals surface area contributed by atoms with E-state index in [1.807, 2.05) is 19.1 Å². The number of nitrogens with zero attached hydrogens (tertiary/aromatic N) is 4. The van der Waals surface area contributed by atoms with Gasteiger partial charge in [-0.15, -0.1) is 0 Å². The molecule has 0 radical (unpaired) electrons. The van der Waals surface area contributed by atoms with Crippen molar-refractivity contribution in [3.05, 3.63) is 41.1 Å². The monoisotopic (exact) mass is 455 g/mol. The Morgan fingerprint density at radius 1 is 1.19 bits per heavy atom. The van der Waals surface area contributed by atoms with Crippen LogP contribution >= 0.6 is 0 Å². The SMILES string of the molecule is Cc1cc(NC(=O)C2CCN(S(=O)(=O)c3ccc4c(c3)CCCC4)CC2)n(CCC#N)n1. The molecule has 1 aromatic carbocycles. The third-order valence-electron chi connectivity index (χ3n) is 6.37. The fourth-order valence-electron chi connectivity index (χ4n) is 4.58. The Balaban J connectivity index is 1.39. The standard InChI is InChI=1S/C23H29N5O3S/c1-17-15-22(28(26-17)12-4-11-24)25-23(29)19-9-13-27(14-10-19)32(30,31)21-8-7-18-5-2-3-6-20(18)16-21/h7-8,15-16,19H,2-6,9-10,12-14H2,1H3,(H,25,29). The highest BCUT2D eigenvalue weighted by atomic mass is 32.2. The van der Waals surface area contributed by atoms with Gasteiger partial charge < -0.3 is 5.32 Å². The lowest BCUT2D eigenvalue weighted by molar-refractivity contribution is -0.121. The fraction of sp³-hybridized carbons (Fsp3) is 0.522. The first-order valence-electron chi connectivity index (χ1n) is 11.2. The Kier molecular flexibility index (Phi) is 6.63. The molecule has 2 heterocycles. The van der Waals surface area contributed by atoms with Crippen molar-refractivity contribution in [3.8, 4) is 6.07 Å². The molecule has 0 unspecified atom stereocenters. The maximum absolute atomic E-state index is 13.2. The van der Waals surface area contributed by atoms with Crippen molar-refractivity contribution in [2.24, 2.45) is 5.92 Å². The number of nitriles is 1. The number of rotatable bonds is 6. The quantitative estimate of drug-likeness (QED) is 0.720. The number of anilines is 1. The summed E-state index contributed by atoms with van der Waals surface area (Å²) in [5.74, 6) is 0.186. The van der Waals surface area contributed by atoms with Gasteiger partial charge in [0.05, 0.1) is 29.6 Å². The molecule has 0 spiro atoms. The first kappa shape index (κ1) is 22.5. The van der Waals surface area contributed by atoms with Gasteiger partial charge in [-0.2, -0.15) is 14.7 Å². The molecule has 2 aliphatic rings. The minimum absolute atomic E-state index is 0.131. The van der Waals surface area contributed by atoms with Crippen LogP contribution in [0.1, 0.15) is 48.9 Å². The largest absolute Gasteiger partial charge is 0.311 e. The minimum Gasteiger partial charge on any atom is -0.311 e. The van der Waals surface area contributed by atoms with Gasteiger partial charge in [0.25, 0.3) is 0 Å². The van der Waals surface area contributed by atoms with Crippen LogP contribution in [-0.2, 0) is 34.2 Å². The van der Waals surface area contributed by atoms with Crippen molar-refractivity contribution in [3.63, 3.8) is 0 Å². The van der Waals surface area contributed by atoms with Crippen LogP contribution in [0.15, 0.2) is 29.2 Å². The predicted molar refractivity (Wildman–Crippen MR) is 120 cm³/mol. The van der Waals surface area contributed by atoms with Crippen LogP contribution < -0.4 is 5.32 Å². The van der Waals surface area contributed by atoms with Gasteiger partial charge >= 0.3 is 0 Å². The molecule has 1 N–H and O–H groups in total. The van der Waals surface area contributed by atoms with E-state index in [4.69, 9.17) is 5.26 Å². The lowest BCUT2D eigenvalue weighted by Crippen LogP contribution is -2.41. The van der Waals surface area contributed by atoms with Gasteiger partial charge in [0.15, 0.2) is 0 Å². The zero-order valence-corrected chi connectivity index (χ0v) is 19.2. The Morgan fingerprint density at radius 3 is 2.62 bits per heavy atom. The van der Waals surface area contributed by atoms with Gasteiger partial charge in [0.2, 0.25) is 15.9 Å². The average molecular weight is 456 g/mol. The van der Waals surface area contributed by atoms with Crippen molar-refractivity contribution >= 4 is 21.7 Å². The van der Waals surface area contributed by atoms with Crippen LogP contribution in [0, 0.1) is 24.2 Å². The number of fused-ring (bicyclic) bond motifs is 1. The van der Waals surface area contributed by atoms with E-state index < -0.39 is 10.0 Å². The average Bonchev–Trinajstić information content (AvgIpc) is 3.16. The van der Waals surface area contributed by atoms with Gasteiger partial charge in [-0.3, -0.25) is 4.79 Å². The summed E-state index contributed by atoms with van der Waals surface area (Å²) in [5.41, 5.74) is 3.17. The van der Waals surface area contributed by atoms with Crippen molar-refractivity contribution < 1.29 is 13.2 Å². The molecule has 0 saturated carbocycles. The van der Waals surface area contributed by atoms with Gasteiger partial charge in [0.1, 0.15) is 5.82 Å². The number of nitrogens with one attached hydrogen (secondary N) is 1. The normalized spacial score (nSPS) is 17.5. The first-order chi connectivity index (χ1) is 15.4. The molecular weight excluding hydrogens is 426 g/mol. The van der Waals surface area contributed by atoms with Crippen LogP contribution in [0.4, 0.5) is 5.82 Å². The lowest BCUT2D eigenvalue weighted by atomic mass is 9.92. The maximum atomic E-state index is 13.2. The number of aromatic nitrogens is 2. The molecule has 0 bridgehead atoms. The first-order valence-corrected chi connectivity index (χ1v) is 12.7. The molecule has 8 nitrogen and oxygen atoms in total. The molecule has 32 heavy (non-hydrogen) atoms. The van der Waals surface area contributed by atoms with Crippen LogP contribution in [0.5, 0.6) is 0 Å². The number of hydrogen-bond acceptors (Lipinski definition) is 5. The molecule has 1 amide bonds. The van der Waals surface area contributed by atoms with E-state index in [0.29, 0.717) is 49.6 Å². The highest BCUT2D eigenvalue weighted by Gasteiger charge is 2.33. The molecule has 170 valence electrons. The molecule has 1 aliphatic carbocycles. The van der Waals surface area contributed by atoms with Crippen molar-refractivity contribution in [2.75, 3.05) is 18.4 Å². The van der Waals surface area contributed by atoms with E-state index in [0.717, 1.165) is 36.9 Å². The van der Waals surface area contributed by atoms with Crippen LogP contribution in [0.3, 0.4) is 0 Å². The van der Waals surface area contributed by atoms with E-state index in [1.165, 1.54) is 9.87 Å². The fourth-order valence-corrected chi connectivity index (χ4v) is 6.10. The highest BCUT2D eigenvalue weighted by Crippen LogP contribution is 2.28. The molecule has 1 fully saturated rings. The molecule has 0 atom stereocenters. The Hall–Kier alpha value is -2.70. The summed E-state index contributed by atoms with van der Waals surface area (Å²) in [6.07, 6.45) is 5.47. The smallest absolute Gasteiger partial charge is 0.243 e. The summed E-state index contributed by atoms with van der Waals surface area (Å²) in [6, 6.07) is 9.39. The van der Waals surface area contributed by atoms with E-state index in [2.05, 4.69) is 16.5 Å². The number of amides is 1. The van der Waals surface area contributed by atoms with Gasteiger partial charge in [-0.1, -0.05) is 6.07 Å². The van der Waals surface area contributed by atoms with Crippen LogP contribution in [-0.4, -0.2) is 41.5 Å². The number of carbonyl (C=O) groups is 1. The molecule has 1 aromatic heterocycles. The summed E-state index contributed by atoms with van der Waals surface area (Å²) in [7, 11) is -3.56. The summed E-state index contributed by atoms with van der Waals surface area (Å²) >= 11 is 0. The molecule has 2 aromatic rings. The topological polar surface area (TPSA) is 108 Å². The third kappa shape index (κ3) is 4.71. The second-order valence-electron chi connectivity index (χ2n) is 8.61. The number of aryl methyl sites for hydroxylation is 4. The number of sulfonamides is 1. The number of piperidine rings is 1. The number of hydrogen-bond donors (Lipinski definition) is 1. The molecule has 1 saturated heterocycles. The minimum atomic E-state index is -3.56. The van der Waals surface area contributed by atoms with Gasteiger partial charge in [-0.25, -0.2) is 13.1 Å². The third-order valence-corrected chi connectivity index (χ3v) is 8.27. The molecular formula is C23H29N5O3S. The predicted octanol–water partition coefficient (Wildman–Crippen LogP) is 3.02.